The first-order valence-electron chi connectivity index (χ1n) is 17.4. The zero-order chi connectivity index (χ0) is 46.2. The minimum absolute atomic E-state index is 0.207. The van der Waals surface area contributed by atoms with Gasteiger partial charge in [-0.1, -0.05) is 77.6 Å². The zero-order valence-corrected chi connectivity index (χ0v) is 44.5. The molecule has 2 heterocycles. The van der Waals surface area contributed by atoms with E-state index in [4.69, 9.17) is 61.7 Å². The van der Waals surface area contributed by atoms with Crippen LogP contribution in [0, 0.1) is 32.3 Å². The molecule has 0 spiro atoms. The second-order valence-corrected chi connectivity index (χ2v) is 21.5. The van der Waals surface area contributed by atoms with Crippen molar-refractivity contribution < 1.29 is 43.6 Å². The lowest BCUT2D eigenvalue weighted by Crippen LogP contribution is -2.46. The van der Waals surface area contributed by atoms with E-state index in [-0.39, 0.29) is 11.5 Å². The molecule has 4 rings (SSSR count). The quantitative estimate of drug-likeness (QED) is 0.0191. The Bertz CT molecular complexity index is 2180. The largest absolute Gasteiger partial charge is 0.508 e. The number of carbonyl (C=O) groups is 4. The summed E-state index contributed by atoms with van der Waals surface area (Å²) in [7, 11) is 6.40. The highest BCUT2D eigenvalue weighted by atomic mass is 128. The number of rotatable bonds is 13. The van der Waals surface area contributed by atoms with Gasteiger partial charge in [-0.2, -0.15) is 0 Å². The first-order valence-corrected chi connectivity index (χ1v) is 31.1. The molecule has 2 aromatic carbocycles. The standard InChI is InChI=1S/C20H21NO4S4.C11H17NO4S.C9H6OS3.I2/c1-5-10-27-12-15(21-19(23)25-20(2,3)4)18(22)24-14-8-6-13(7-9-14)16-11-17(26)29-28-16;1-5-6-17-7-8(9(13)14)12-10(15)16-11(2,3)4;10-7-3-1-6(2-4-7)8-5-9(11)13-12-8;1-2/h1,6-9,11,15H,10,12H2,2-4H3,(H,21,23);1,8H,6-7H2,2-4H3,(H,12,15)(H,13,14);1-5,10H;. The van der Waals surface area contributed by atoms with Crippen LogP contribution < -0.4 is 15.4 Å². The summed E-state index contributed by atoms with van der Waals surface area (Å²) in [4.78, 5) is 49.1. The van der Waals surface area contributed by atoms with Gasteiger partial charge in [0.2, 0.25) is 0 Å². The van der Waals surface area contributed by atoms with Gasteiger partial charge in [0.15, 0.2) is 0 Å². The van der Waals surface area contributed by atoms with Gasteiger partial charge < -0.3 is 35.1 Å². The zero-order valence-electron chi connectivity index (χ0n) is 33.7. The maximum atomic E-state index is 12.6. The fourth-order valence-electron chi connectivity index (χ4n) is 3.96. The van der Waals surface area contributed by atoms with Crippen LogP contribution in [0.25, 0.3) is 20.9 Å². The number of hydrogen-bond acceptors (Lipinski definition) is 16. The van der Waals surface area contributed by atoms with Crippen molar-refractivity contribution >= 4 is 151 Å². The van der Waals surface area contributed by atoms with E-state index in [0.29, 0.717) is 23.0 Å². The lowest BCUT2D eigenvalue weighted by molar-refractivity contribution is -0.139. The minimum atomic E-state index is -1.11. The number of phenols is 1. The molecule has 2 unspecified atom stereocenters. The number of aromatic hydroxyl groups is 1. The number of aliphatic carboxylic acids is 1. The fraction of sp³-hybridized carbons (Fsp3) is 0.350. The monoisotopic (exact) mass is 1210 g/mol. The van der Waals surface area contributed by atoms with E-state index in [1.54, 1.807) is 96.8 Å². The minimum Gasteiger partial charge on any atom is -0.508 e. The second-order valence-electron chi connectivity index (χ2n) is 13.7. The molecule has 4 aromatic rings. The Balaban J connectivity index is 0.000000491. The molecule has 0 aliphatic carbocycles. The van der Waals surface area contributed by atoms with Gasteiger partial charge in [0.1, 0.15) is 42.4 Å². The van der Waals surface area contributed by atoms with Crippen molar-refractivity contribution in [2.45, 2.75) is 64.8 Å². The van der Waals surface area contributed by atoms with Crippen LogP contribution in [-0.2, 0) is 19.1 Å². The lowest BCUT2D eigenvalue weighted by Gasteiger charge is -2.22. The Morgan fingerprint density at radius 3 is 1.48 bits per heavy atom. The van der Waals surface area contributed by atoms with E-state index in [0.717, 1.165) is 28.5 Å². The molecule has 2 atom stereocenters. The number of phenolic OH excluding ortho intramolecular Hbond substituents is 1. The van der Waals surface area contributed by atoms with E-state index in [1.165, 1.54) is 33.9 Å². The first kappa shape index (κ1) is 56.6. The summed E-state index contributed by atoms with van der Waals surface area (Å²) in [5.74, 6) is 5.16. The summed E-state index contributed by atoms with van der Waals surface area (Å²) in [6.07, 6.45) is 8.87. The van der Waals surface area contributed by atoms with E-state index >= 15 is 0 Å². The van der Waals surface area contributed by atoms with E-state index in [9.17, 15) is 19.2 Å². The van der Waals surface area contributed by atoms with Crippen molar-refractivity contribution in [2.75, 3.05) is 23.0 Å². The number of ether oxygens (including phenoxy) is 3. The molecule has 0 saturated heterocycles. The van der Waals surface area contributed by atoms with Gasteiger partial charge in [0.25, 0.3) is 0 Å². The van der Waals surface area contributed by atoms with Crippen LogP contribution in [0.15, 0.2) is 60.7 Å². The maximum Gasteiger partial charge on any atom is 0.408 e. The number of carboxylic acid groups (broad SMARTS) is 1. The molecular formula is C40H44I2N2O9S8. The molecular weight excluding hydrogens is 1160 g/mol. The van der Waals surface area contributed by atoms with Crippen LogP contribution in [0.4, 0.5) is 9.59 Å². The van der Waals surface area contributed by atoms with Crippen LogP contribution >= 0.6 is 127 Å². The number of hydrogen-bond donors (Lipinski definition) is 4. The normalized spacial score (nSPS) is 11.4. The summed E-state index contributed by atoms with van der Waals surface area (Å²) in [5, 5.41) is 22.8. The number of halogens is 2. The van der Waals surface area contributed by atoms with Crippen molar-refractivity contribution in [3.8, 4) is 57.1 Å². The SMILES string of the molecule is C#CCSCC(NC(=O)OC(C)(C)C)C(=O)O.C#CCSCC(NC(=O)OC(C)(C)C)C(=O)Oc1ccc(-c2cc(=S)ss2)cc1.II.Oc1ccc(-c2cc(=S)ss2)cc1. The predicted molar refractivity (Wildman–Crippen MR) is 279 cm³/mol. The van der Waals surface area contributed by atoms with Crippen LogP contribution in [0.3, 0.4) is 0 Å². The molecule has 0 saturated carbocycles. The maximum absolute atomic E-state index is 12.6. The van der Waals surface area contributed by atoms with Gasteiger partial charge in [-0.05, 0) is 113 Å². The number of nitrogens with one attached hydrogen (secondary N) is 2. The van der Waals surface area contributed by atoms with E-state index in [2.05, 4.69) is 59.7 Å². The average Bonchev–Trinajstić information content (AvgIpc) is 3.82. The van der Waals surface area contributed by atoms with Crippen LogP contribution in [0.2, 0.25) is 0 Å². The molecule has 330 valence electrons. The lowest BCUT2D eigenvalue weighted by atomic mass is 10.2. The number of terminal acetylenes is 2. The molecule has 0 fully saturated rings. The summed E-state index contributed by atoms with van der Waals surface area (Å²) in [5.41, 5.74) is 0.776. The van der Waals surface area contributed by atoms with Crippen molar-refractivity contribution in [2.24, 2.45) is 0 Å². The number of benzene rings is 2. The summed E-state index contributed by atoms with van der Waals surface area (Å²) < 4.78 is 17.4. The third-order valence-corrected chi connectivity index (χ3v) is 14.0. The molecule has 0 radical (unpaired) electrons. The van der Waals surface area contributed by atoms with Gasteiger partial charge in [0.05, 0.1) is 11.5 Å². The Kier molecular flexibility index (Phi) is 27.6. The Morgan fingerprint density at radius 1 is 0.721 bits per heavy atom. The fourth-order valence-corrected chi connectivity index (χ4v) is 10.2. The Morgan fingerprint density at radius 2 is 1.11 bits per heavy atom. The summed E-state index contributed by atoms with van der Waals surface area (Å²) in [6.45, 7) is 10.4. The Labute approximate surface area is 413 Å². The highest BCUT2D eigenvalue weighted by Gasteiger charge is 2.26. The van der Waals surface area contributed by atoms with Crippen molar-refractivity contribution in [3.05, 3.63) is 68.3 Å². The van der Waals surface area contributed by atoms with Gasteiger partial charge in [-0.15, -0.1) is 36.4 Å². The van der Waals surface area contributed by atoms with Crippen LogP contribution in [0.5, 0.6) is 11.5 Å². The van der Waals surface area contributed by atoms with Crippen molar-refractivity contribution in [1.29, 1.82) is 0 Å². The third kappa shape index (κ3) is 25.4. The van der Waals surface area contributed by atoms with Crippen molar-refractivity contribution in [3.63, 3.8) is 0 Å². The number of alkyl carbamates (subject to hydrolysis) is 2. The number of esters is 1. The van der Waals surface area contributed by atoms with Gasteiger partial charge in [0, 0.05) is 58.5 Å². The molecule has 11 nitrogen and oxygen atoms in total. The van der Waals surface area contributed by atoms with Gasteiger partial charge >= 0.3 is 24.1 Å². The van der Waals surface area contributed by atoms with E-state index in [1.807, 2.05) is 36.4 Å². The number of thioether (sulfide) groups is 2. The van der Waals surface area contributed by atoms with E-state index < -0.39 is 47.4 Å². The first-order chi connectivity index (χ1) is 28.7. The molecule has 2 aromatic heterocycles. The van der Waals surface area contributed by atoms with Gasteiger partial charge in [-0.25, -0.2) is 19.2 Å². The Hall–Kier alpha value is -2.46. The highest BCUT2D eigenvalue weighted by molar-refractivity contribution is 15.0. The number of amides is 2. The third-order valence-electron chi connectivity index (χ3n) is 6.34. The van der Waals surface area contributed by atoms with Crippen molar-refractivity contribution in [1.82, 2.24) is 10.6 Å². The van der Waals surface area contributed by atoms with Crippen LogP contribution in [0.1, 0.15) is 41.5 Å². The smallest absolute Gasteiger partial charge is 0.408 e. The molecule has 0 aliphatic rings. The molecule has 2 amide bonds. The molecule has 61 heavy (non-hydrogen) atoms. The molecule has 4 N–H and O–H groups in total. The topological polar surface area (TPSA) is 160 Å². The second kappa shape index (κ2) is 29.8. The highest BCUT2D eigenvalue weighted by Crippen LogP contribution is 2.31. The average molecular weight is 1210 g/mol. The van der Waals surface area contributed by atoms with Crippen LogP contribution in [-0.4, -0.2) is 80.6 Å². The molecule has 0 bridgehead atoms. The number of carbonyl (C=O) groups excluding carboxylic acids is 3. The number of carboxylic acids is 1. The molecule has 21 heteroatoms. The molecule has 0 aliphatic heterocycles. The predicted octanol–water partition coefficient (Wildman–Crippen LogP) is 12.4. The summed E-state index contributed by atoms with van der Waals surface area (Å²) in [6, 6.07) is 16.3. The summed E-state index contributed by atoms with van der Waals surface area (Å²) >= 11 is 17.0. The van der Waals surface area contributed by atoms with Gasteiger partial charge in [-0.3, -0.25) is 0 Å².